The summed E-state index contributed by atoms with van der Waals surface area (Å²) in [5.74, 6) is -0.897. The number of carbonyl (C=O) groups excluding carboxylic acids is 2. The van der Waals surface area contributed by atoms with Gasteiger partial charge in [0.2, 0.25) is 0 Å². The van der Waals surface area contributed by atoms with Crippen molar-refractivity contribution in [3.63, 3.8) is 0 Å². The molecule has 1 aliphatic rings. The molecule has 1 N–H and O–H groups in total. The number of hydrogen-bond acceptors (Lipinski definition) is 6. The van der Waals surface area contributed by atoms with Crippen LogP contribution in [0.25, 0.3) is 0 Å². The van der Waals surface area contributed by atoms with Crippen LogP contribution in [0.2, 0.25) is 0 Å². The molecule has 1 aliphatic heterocycles. The minimum absolute atomic E-state index is 0.0398. The molecule has 1 aromatic carbocycles. The number of hydrogen-bond donors (Lipinski definition) is 1. The first-order valence-electron chi connectivity index (χ1n) is 8.79. The Bertz CT molecular complexity index is 683. The molecular formula is C18H25N3O5. The van der Waals surface area contributed by atoms with E-state index < -0.39 is 23.4 Å². The van der Waals surface area contributed by atoms with E-state index in [9.17, 15) is 19.7 Å². The Morgan fingerprint density at radius 3 is 2.50 bits per heavy atom. The standard InChI is InChI=1S/C18H25N3O5/c1-12(2)13(3)19-17(22)11-26-18(23)14-6-7-15(16(10-14)21(24)25)20-8-4-5-9-20/h6-7,10,12-13H,4-5,8-9,11H2,1-3H3,(H,19,22)/t13-/m1/s1. The predicted molar refractivity (Wildman–Crippen MR) is 97.3 cm³/mol. The van der Waals surface area contributed by atoms with Gasteiger partial charge < -0.3 is 15.0 Å². The molecule has 2 rings (SSSR count). The first-order valence-corrected chi connectivity index (χ1v) is 8.79. The van der Waals surface area contributed by atoms with E-state index in [1.165, 1.54) is 12.1 Å². The molecule has 0 unspecified atom stereocenters. The van der Waals surface area contributed by atoms with E-state index in [0.717, 1.165) is 25.9 Å². The smallest absolute Gasteiger partial charge is 0.338 e. The topological polar surface area (TPSA) is 102 Å². The molecule has 1 heterocycles. The highest BCUT2D eigenvalue weighted by Gasteiger charge is 2.24. The summed E-state index contributed by atoms with van der Waals surface area (Å²) in [6.45, 7) is 6.91. The first-order chi connectivity index (χ1) is 12.3. The average molecular weight is 363 g/mol. The summed E-state index contributed by atoms with van der Waals surface area (Å²) < 4.78 is 4.98. The van der Waals surface area contributed by atoms with Crippen LogP contribution in [0.5, 0.6) is 0 Å². The van der Waals surface area contributed by atoms with Gasteiger partial charge in [0.25, 0.3) is 11.6 Å². The van der Waals surface area contributed by atoms with Crippen molar-refractivity contribution in [3.05, 3.63) is 33.9 Å². The summed E-state index contributed by atoms with van der Waals surface area (Å²) in [5.41, 5.74) is 0.441. The van der Waals surface area contributed by atoms with Gasteiger partial charge in [-0.05, 0) is 37.8 Å². The molecule has 1 atom stereocenters. The minimum Gasteiger partial charge on any atom is -0.452 e. The molecule has 1 amide bonds. The molecule has 1 saturated heterocycles. The summed E-state index contributed by atoms with van der Waals surface area (Å²) in [7, 11) is 0. The molecule has 8 heteroatoms. The van der Waals surface area contributed by atoms with Crippen molar-refractivity contribution in [1.82, 2.24) is 5.32 Å². The fourth-order valence-corrected chi connectivity index (χ4v) is 2.70. The molecule has 0 bridgehead atoms. The normalized spacial score (nSPS) is 15.0. The number of nitro groups is 1. The van der Waals surface area contributed by atoms with Crippen LogP contribution in [0.1, 0.15) is 44.0 Å². The molecule has 26 heavy (non-hydrogen) atoms. The zero-order valence-corrected chi connectivity index (χ0v) is 15.4. The number of anilines is 1. The van der Waals surface area contributed by atoms with E-state index in [1.54, 1.807) is 6.07 Å². The zero-order chi connectivity index (χ0) is 19.3. The maximum absolute atomic E-state index is 12.1. The quantitative estimate of drug-likeness (QED) is 0.454. The molecule has 0 spiro atoms. The number of nitrogens with one attached hydrogen (secondary N) is 1. The molecule has 0 aliphatic carbocycles. The average Bonchev–Trinajstić information content (AvgIpc) is 3.13. The molecule has 0 radical (unpaired) electrons. The van der Waals surface area contributed by atoms with Gasteiger partial charge in [0, 0.05) is 25.2 Å². The third-order valence-corrected chi connectivity index (χ3v) is 4.58. The van der Waals surface area contributed by atoms with Crippen molar-refractivity contribution in [2.75, 3.05) is 24.6 Å². The summed E-state index contributed by atoms with van der Waals surface area (Å²) in [6, 6.07) is 4.24. The number of esters is 1. The lowest BCUT2D eigenvalue weighted by Gasteiger charge is -2.18. The van der Waals surface area contributed by atoms with Crippen molar-refractivity contribution in [2.24, 2.45) is 5.92 Å². The van der Waals surface area contributed by atoms with Gasteiger partial charge >= 0.3 is 5.97 Å². The first kappa shape index (κ1) is 19.7. The van der Waals surface area contributed by atoms with Gasteiger partial charge in [-0.3, -0.25) is 14.9 Å². The number of carbonyl (C=O) groups is 2. The summed E-state index contributed by atoms with van der Waals surface area (Å²) >= 11 is 0. The lowest BCUT2D eigenvalue weighted by molar-refractivity contribution is -0.384. The number of ether oxygens (including phenoxy) is 1. The molecule has 1 fully saturated rings. The maximum Gasteiger partial charge on any atom is 0.338 e. The highest BCUT2D eigenvalue weighted by molar-refractivity contribution is 5.93. The molecule has 1 aromatic rings. The molecule has 0 aromatic heterocycles. The Hall–Kier alpha value is -2.64. The van der Waals surface area contributed by atoms with Crippen LogP contribution in [0.4, 0.5) is 11.4 Å². The number of nitro benzene ring substituents is 1. The number of amides is 1. The molecular weight excluding hydrogens is 338 g/mol. The summed E-state index contributed by atoms with van der Waals surface area (Å²) in [6.07, 6.45) is 1.98. The van der Waals surface area contributed by atoms with E-state index in [2.05, 4.69) is 5.32 Å². The van der Waals surface area contributed by atoms with Gasteiger partial charge in [0.05, 0.1) is 10.5 Å². The highest BCUT2D eigenvalue weighted by Crippen LogP contribution is 2.31. The number of benzene rings is 1. The predicted octanol–water partition coefficient (Wildman–Crippen LogP) is 2.51. The molecule has 8 nitrogen and oxygen atoms in total. The Labute approximate surface area is 152 Å². The third-order valence-electron chi connectivity index (χ3n) is 4.58. The van der Waals surface area contributed by atoms with Gasteiger partial charge in [-0.15, -0.1) is 0 Å². The van der Waals surface area contributed by atoms with Gasteiger partial charge in [-0.25, -0.2) is 4.79 Å². The minimum atomic E-state index is -0.756. The Morgan fingerprint density at radius 1 is 1.27 bits per heavy atom. The molecule has 0 saturated carbocycles. The number of rotatable bonds is 7. The molecule has 142 valence electrons. The van der Waals surface area contributed by atoms with Gasteiger partial charge in [0.15, 0.2) is 6.61 Å². The zero-order valence-electron chi connectivity index (χ0n) is 15.4. The summed E-state index contributed by atoms with van der Waals surface area (Å²) in [4.78, 5) is 36.7. The van der Waals surface area contributed by atoms with Crippen molar-refractivity contribution in [2.45, 2.75) is 39.7 Å². The maximum atomic E-state index is 12.1. The van der Waals surface area contributed by atoms with E-state index in [4.69, 9.17) is 4.74 Å². The number of nitrogens with zero attached hydrogens (tertiary/aromatic N) is 2. The van der Waals surface area contributed by atoms with Crippen LogP contribution in [0.15, 0.2) is 18.2 Å². The van der Waals surface area contributed by atoms with E-state index in [-0.39, 0.29) is 23.2 Å². The van der Waals surface area contributed by atoms with Crippen LogP contribution < -0.4 is 10.2 Å². The van der Waals surface area contributed by atoms with Crippen molar-refractivity contribution < 1.29 is 19.2 Å². The van der Waals surface area contributed by atoms with Crippen LogP contribution in [0.3, 0.4) is 0 Å². The van der Waals surface area contributed by atoms with E-state index in [0.29, 0.717) is 5.69 Å². The van der Waals surface area contributed by atoms with Crippen molar-refractivity contribution in [3.8, 4) is 0 Å². The monoisotopic (exact) mass is 363 g/mol. The fourth-order valence-electron chi connectivity index (χ4n) is 2.70. The van der Waals surface area contributed by atoms with Crippen LogP contribution in [-0.4, -0.2) is 42.5 Å². The fraction of sp³-hybridized carbons (Fsp3) is 0.556. The second kappa shape index (κ2) is 8.64. The van der Waals surface area contributed by atoms with Crippen LogP contribution >= 0.6 is 0 Å². The van der Waals surface area contributed by atoms with E-state index in [1.807, 2.05) is 25.7 Å². The second-order valence-corrected chi connectivity index (χ2v) is 6.83. The Kier molecular flexibility index (Phi) is 6.54. The lowest BCUT2D eigenvalue weighted by atomic mass is 10.1. The SMILES string of the molecule is CC(C)[C@@H](C)NC(=O)COC(=O)c1ccc(N2CCCC2)c([N+](=O)[O-])c1. The summed E-state index contributed by atoms with van der Waals surface area (Å²) in [5, 5.41) is 14.1. The van der Waals surface area contributed by atoms with E-state index >= 15 is 0 Å². The van der Waals surface area contributed by atoms with Crippen molar-refractivity contribution >= 4 is 23.3 Å². The van der Waals surface area contributed by atoms with Gasteiger partial charge in [-0.1, -0.05) is 13.8 Å². The Morgan fingerprint density at radius 2 is 1.92 bits per heavy atom. The second-order valence-electron chi connectivity index (χ2n) is 6.83. The highest BCUT2D eigenvalue weighted by atomic mass is 16.6. The van der Waals surface area contributed by atoms with Crippen LogP contribution in [-0.2, 0) is 9.53 Å². The van der Waals surface area contributed by atoms with Crippen LogP contribution in [0, 0.1) is 16.0 Å². The largest absolute Gasteiger partial charge is 0.452 e. The van der Waals surface area contributed by atoms with Gasteiger partial charge in [-0.2, -0.15) is 0 Å². The van der Waals surface area contributed by atoms with Crippen molar-refractivity contribution in [1.29, 1.82) is 0 Å². The Balaban J connectivity index is 2.03. The third kappa shape index (κ3) is 4.93. The lowest BCUT2D eigenvalue weighted by Crippen LogP contribution is -2.38. The van der Waals surface area contributed by atoms with Gasteiger partial charge in [0.1, 0.15) is 5.69 Å².